The van der Waals surface area contributed by atoms with Gasteiger partial charge in [-0.3, -0.25) is 0 Å². The normalized spacial score (nSPS) is 11.4. The minimum absolute atomic E-state index is 0.569. The fraction of sp³-hybridized carbons (Fsp3) is 0.538. The van der Waals surface area contributed by atoms with E-state index < -0.39 is 5.60 Å². The minimum atomic E-state index is -0.731. The maximum absolute atomic E-state index is 9.79. The van der Waals surface area contributed by atoms with Crippen LogP contribution in [0.25, 0.3) is 0 Å². The van der Waals surface area contributed by atoms with Crippen molar-refractivity contribution < 1.29 is 14.6 Å². The van der Waals surface area contributed by atoms with Gasteiger partial charge in [0.05, 0.1) is 19.8 Å². The first-order chi connectivity index (χ1) is 7.37. The molecule has 0 aliphatic rings. The molecule has 1 rings (SSSR count). The summed E-state index contributed by atoms with van der Waals surface area (Å²) in [6.07, 6.45) is 0.569. The second kappa shape index (κ2) is 4.74. The highest BCUT2D eigenvalue weighted by atomic mass is 16.5. The van der Waals surface area contributed by atoms with Crippen molar-refractivity contribution in [2.45, 2.75) is 32.8 Å². The third kappa shape index (κ3) is 3.14. The van der Waals surface area contributed by atoms with E-state index in [1.807, 2.05) is 19.1 Å². The van der Waals surface area contributed by atoms with Gasteiger partial charge in [0.2, 0.25) is 0 Å². The molecule has 90 valence electrons. The summed E-state index contributed by atoms with van der Waals surface area (Å²) >= 11 is 0. The molecule has 0 saturated carbocycles. The average molecular weight is 224 g/mol. The van der Waals surface area contributed by atoms with E-state index in [4.69, 9.17) is 9.47 Å². The topological polar surface area (TPSA) is 38.7 Å². The number of benzene rings is 1. The molecule has 3 heteroatoms. The Hall–Kier alpha value is -1.22. The van der Waals surface area contributed by atoms with Crippen molar-refractivity contribution in [2.75, 3.05) is 14.2 Å². The zero-order chi connectivity index (χ0) is 12.3. The Morgan fingerprint density at radius 1 is 1.12 bits per heavy atom. The van der Waals surface area contributed by atoms with Gasteiger partial charge in [-0.25, -0.2) is 0 Å². The summed E-state index contributed by atoms with van der Waals surface area (Å²) < 4.78 is 10.6. The van der Waals surface area contributed by atoms with Crippen LogP contribution >= 0.6 is 0 Å². The van der Waals surface area contributed by atoms with E-state index in [0.29, 0.717) is 6.42 Å². The van der Waals surface area contributed by atoms with Crippen LogP contribution in [0.5, 0.6) is 11.5 Å². The molecule has 0 saturated heterocycles. The lowest BCUT2D eigenvalue weighted by molar-refractivity contribution is 0.0809. The summed E-state index contributed by atoms with van der Waals surface area (Å²) in [4.78, 5) is 0. The average Bonchev–Trinajstić information content (AvgIpc) is 2.18. The third-order valence-electron chi connectivity index (χ3n) is 2.45. The molecule has 3 nitrogen and oxygen atoms in total. The number of ether oxygens (including phenoxy) is 2. The van der Waals surface area contributed by atoms with Crippen LogP contribution in [0, 0.1) is 6.92 Å². The molecule has 0 spiro atoms. The van der Waals surface area contributed by atoms with Gasteiger partial charge >= 0.3 is 0 Å². The van der Waals surface area contributed by atoms with Crippen LogP contribution in [-0.2, 0) is 6.42 Å². The Morgan fingerprint density at radius 2 is 1.56 bits per heavy atom. The lowest BCUT2D eigenvalue weighted by Gasteiger charge is -2.19. The van der Waals surface area contributed by atoms with Crippen LogP contribution < -0.4 is 9.47 Å². The minimum Gasteiger partial charge on any atom is -0.496 e. The van der Waals surface area contributed by atoms with Crippen molar-refractivity contribution >= 4 is 0 Å². The van der Waals surface area contributed by atoms with E-state index in [2.05, 4.69) is 0 Å². The molecule has 0 heterocycles. The van der Waals surface area contributed by atoms with Crippen molar-refractivity contribution in [3.63, 3.8) is 0 Å². The van der Waals surface area contributed by atoms with Crippen LogP contribution in [0.2, 0.25) is 0 Å². The predicted octanol–water partition coefficient (Wildman–Crippen LogP) is 2.33. The fourth-order valence-corrected chi connectivity index (χ4v) is 1.74. The van der Waals surface area contributed by atoms with Crippen molar-refractivity contribution in [2.24, 2.45) is 0 Å². The second-order valence-electron chi connectivity index (χ2n) is 4.61. The lowest BCUT2D eigenvalue weighted by atomic mass is 9.97. The van der Waals surface area contributed by atoms with E-state index in [1.54, 1.807) is 28.1 Å². The molecule has 0 aromatic heterocycles. The van der Waals surface area contributed by atoms with Gasteiger partial charge in [0.25, 0.3) is 0 Å². The van der Waals surface area contributed by atoms with Gasteiger partial charge in [-0.15, -0.1) is 0 Å². The molecule has 1 aromatic carbocycles. The molecule has 1 N–H and O–H groups in total. The first-order valence-electron chi connectivity index (χ1n) is 5.31. The summed E-state index contributed by atoms with van der Waals surface area (Å²) in [5, 5.41) is 9.79. The summed E-state index contributed by atoms with van der Waals surface area (Å²) in [5.74, 6) is 1.58. The molecule has 0 atom stereocenters. The van der Waals surface area contributed by atoms with Gasteiger partial charge in [0.15, 0.2) is 0 Å². The van der Waals surface area contributed by atoms with Crippen LogP contribution in [0.15, 0.2) is 12.1 Å². The zero-order valence-corrected chi connectivity index (χ0v) is 10.6. The van der Waals surface area contributed by atoms with E-state index in [9.17, 15) is 5.11 Å². The zero-order valence-electron chi connectivity index (χ0n) is 10.6. The first-order valence-corrected chi connectivity index (χ1v) is 5.31. The Morgan fingerprint density at radius 3 is 1.88 bits per heavy atom. The maximum Gasteiger partial charge on any atom is 0.125 e. The quantitative estimate of drug-likeness (QED) is 0.853. The van der Waals surface area contributed by atoms with E-state index in [0.717, 1.165) is 22.6 Å². The summed E-state index contributed by atoms with van der Waals surface area (Å²) in [6, 6.07) is 3.88. The standard InChI is InChI=1S/C13H20O3/c1-9-11(15-4)6-10(7-12(9)16-5)8-13(2,3)14/h6-7,14H,8H2,1-5H3. The van der Waals surface area contributed by atoms with Gasteiger partial charge in [-0.1, -0.05) is 0 Å². The molecule has 0 radical (unpaired) electrons. The van der Waals surface area contributed by atoms with E-state index in [1.165, 1.54) is 0 Å². The van der Waals surface area contributed by atoms with Gasteiger partial charge in [0.1, 0.15) is 11.5 Å². The van der Waals surface area contributed by atoms with E-state index in [-0.39, 0.29) is 0 Å². The SMILES string of the molecule is COc1cc(CC(C)(C)O)cc(OC)c1C. The maximum atomic E-state index is 9.79. The second-order valence-corrected chi connectivity index (χ2v) is 4.61. The summed E-state index contributed by atoms with van der Waals surface area (Å²) in [6.45, 7) is 5.52. The fourth-order valence-electron chi connectivity index (χ4n) is 1.74. The van der Waals surface area contributed by atoms with Crippen molar-refractivity contribution in [3.8, 4) is 11.5 Å². The molecule has 0 aliphatic heterocycles. The van der Waals surface area contributed by atoms with Crippen LogP contribution in [0.1, 0.15) is 25.0 Å². The molecular formula is C13H20O3. The highest BCUT2D eigenvalue weighted by molar-refractivity contribution is 5.47. The number of rotatable bonds is 4. The Kier molecular flexibility index (Phi) is 3.81. The van der Waals surface area contributed by atoms with Gasteiger partial charge in [-0.05, 0) is 38.5 Å². The van der Waals surface area contributed by atoms with Crippen molar-refractivity contribution in [1.82, 2.24) is 0 Å². The molecule has 1 aromatic rings. The molecule has 0 amide bonds. The number of methoxy groups -OCH3 is 2. The third-order valence-corrected chi connectivity index (χ3v) is 2.45. The van der Waals surface area contributed by atoms with Crippen LogP contribution in [-0.4, -0.2) is 24.9 Å². The van der Waals surface area contributed by atoms with Crippen molar-refractivity contribution in [1.29, 1.82) is 0 Å². The molecule has 16 heavy (non-hydrogen) atoms. The molecule has 0 bridgehead atoms. The Bertz CT molecular complexity index is 339. The van der Waals surface area contributed by atoms with Gasteiger partial charge in [0, 0.05) is 12.0 Å². The first kappa shape index (κ1) is 12.8. The summed E-state index contributed by atoms with van der Waals surface area (Å²) in [5.41, 5.74) is 1.25. The molecule has 0 fully saturated rings. The van der Waals surface area contributed by atoms with Crippen LogP contribution in [0.3, 0.4) is 0 Å². The number of hydrogen-bond acceptors (Lipinski definition) is 3. The predicted molar refractivity (Wildman–Crippen MR) is 64.3 cm³/mol. The number of aliphatic hydroxyl groups is 1. The molecule has 0 unspecified atom stereocenters. The highest BCUT2D eigenvalue weighted by Crippen LogP contribution is 2.30. The van der Waals surface area contributed by atoms with E-state index >= 15 is 0 Å². The monoisotopic (exact) mass is 224 g/mol. The summed E-state index contributed by atoms with van der Waals surface area (Å²) in [7, 11) is 3.27. The highest BCUT2D eigenvalue weighted by Gasteiger charge is 2.16. The number of hydrogen-bond donors (Lipinski definition) is 1. The lowest BCUT2D eigenvalue weighted by Crippen LogP contribution is -2.21. The Balaban J connectivity index is 3.12. The van der Waals surface area contributed by atoms with Crippen molar-refractivity contribution in [3.05, 3.63) is 23.3 Å². The largest absolute Gasteiger partial charge is 0.496 e. The van der Waals surface area contributed by atoms with Gasteiger partial charge < -0.3 is 14.6 Å². The smallest absolute Gasteiger partial charge is 0.125 e. The molecule has 0 aliphatic carbocycles. The Labute approximate surface area is 97.0 Å². The van der Waals surface area contributed by atoms with Gasteiger partial charge in [-0.2, -0.15) is 0 Å². The molecular weight excluding hydrogens is 204 g/mol. The van der Waals surface area contributed by atoms with Crippen LogP contribution in [0.4, 0.5) is 0 Å².